The topological polar surface area (TPSA) is 25.8 Å². The van der Waals surface area contributed by atoms with E-state index in [2.05, 4.69) is 34.5 Å². The molecule has 15 heavy (non-hydrogen) atoms. The zero-order chi connectivity index (χ0) is 10.5. The minimum Gasteiger partial charge on any atom is -0.144 e. The van der Waals surface area contributed by atoms with Crippen LogP contribution < -0.4 is 0 Å². The number of aromatic nitrogens is 2. The van der Waals surface area contributed by atoms with Gasteiger partial charge in [0.05, 0.1) is 5.88 Å². The van der Waals surface area contributed by atoms with Gasteiger partial charge in [-0.25, -0.2) is 0 Å². The van der Waals surface area contributed by atoms with Gasteiger partial charge in [0.1, 0.15) is 10.0 Å². The second-order valence-corrected chi connectivity index (χ2v) is 4.62. The Labute approximate surface area is 97.9 Å². The summed E-state index contributed by atoms with van der Waals surface area (Å²) in [6.07, 6.45) is 1.95. The lowest BCUT2D eigenvalue weighted by Gasteiger charge is -1.96. The molecule has 0 fully saturated rings. The van der Waals surface area contributed by atoms with Gasteiger partial charge >= 0.3 is 0 Å². The summed E-state index contributed by atoms with van der Waals surface area (Å²) in [7, 11) is 0. The number of benzene rings is 1. The zero-order valence-corrected chi connectivity index (χ0v) is 9.76. The number of nitrogens with zero attached hydrogens (tertiary/aromatic N) is 2. The summed E-state index contributed by atoms with van der Waals surface area (Å²) in [5.41, 5.74) is 1.33. The highest BCUT2D eigenvalue weighted by Crippen LogP contribution is 2.14. The molecule has 2 aromatic rings. The molecule has 0 spiro atoms. The SMILES string of the molecule is ClCc1nnc(CCc2ccccc2)s1. The average molecular weight is 239 g/mol. The normalized spacial score (nSPS) is 10.5. The molecule has 1 aromatic carbocycles. The van der Waals surface area contributed by atoms with Crippen LogP contribution in [-0.2, 0) is 18.7 Å². The van der Waals surface area contributed by atoms with E-state index >= 15 is 0 Å². The Hall–Kier alpha value is -0.930. The fraction of sp³-hybridized carbons (Fsp3) is 0.273. The van der Waals surface area contributed by atoms with Gasteiger partial charge in [0.25, 0.3) is 0 Å². The summed E-state index contributed by atoms with van der Waals surface area (Å²) in [5, 5.41) is 10.0. The van der Waals surface area contributed by atoms with E-state index in [0.29, 0.717) is 5.88 Å². The zero-order valence-electron chi connectivity index (χ0n) is 8.19. The molecule has 2 rings (SSSR count). The first-order chi connectivity index (χ1) is 7.38. The van der Waals surface area contributed by atoms with Crippen molar-refractivity contribution in [2.75, 3.05) is 0 Å². The minimum absolute atomic E-state index is 0.461. The standard InChI is InChI=1S/C11H11ClN2S/c12-8-11-14-13-10(15-11)7-6-9-4-2-1-3-5-9/h1-5H,6-8H2. The van der Waals surface area contributed by atoms with E-state index in [0.717, 1.165) is 22.9 Å². The van der Waals surface area contributed by atoms with Crippen molar-refractivity contribution in [2.45, 2.75) is 18.7 Å². The van der Waals surface area contributed by atoms with Crippen molar-refractivity contribution in [1.82, 2.24) is 10.2 Å². The number of hydrogen-bond donors (Lipinski definition) is 0. The highest BCUT2D eigenvalue weighted by Gasteiger charge is 2.02. The molecule has 1 aromatic heterocycles. The number of alkyl halides is 1. The van der Waals surface area contributed by atoms with E-state index in [9.17, 15) is 0 Å². The Kier molecular flexibility index (Phi) is 3.69. The van der Waals surface area contributed by atoms with E-state index < -0.39 is 0 Å². The van der Waals surface area contributed by atoms with Gasteiger partial charge in [0.2, 0.25) is 0 Å². The van der Waals surface area contributed by atoms with E-state index in [1.165, 1.54) is 5.56 Å². The monoisotopic (exact) mass is 238 g/mol. The van der Waals surface area contributed by atoms with Gasteiger partial charge in [-0.3, -0.25) is 0 Å². The summed E-state index contributed by atoms with van der Waals surface area (Å²) in [6.45, 7) is 0. The molecule has 0 saturated heterocycles. The largest absolute Gasteiger partial charge is 0.144 e. The van der Waals surface area contributed by atoms with Crippen molar-refractivity contribution >= 4 is 22.9 Å². The molecule has 0 N–H and O–H groups in total. The smallest absolute Gasteiger partial charge is 0.132 e. The number of rotatable bonds is 4. The van der Waals surface area contributed by atoms with Gasteiger partial charge < -0.3 is 0 Å². The molecule has 1 heterocycles. The third-order valence-corrected chi connectivity index (χ3v) is 3.49. The molecule has 0 saturated carbocycles. The van der Waals surface area contributed by atoms with Crippen LogP contribution in [0.1, 0.15) is 15.6 Å². The molecule has 0 aliphatic rings. The van der Waals surface area contributed by atoms with Gasteiger partial charge in [-0.15, -0.1) is 33.1 Å². The summed E-state index contributed by atoms with van der Waals surface area (Å²) >= 11 is 7.26. The second kappa shape index (κ2) is 5.24. The molecule has 0 aliphatic carbocycles. The summed E-state index contributed by atoms with van der Waals surface area (Å²) in [4.78, 5) is 0. The summed E-state index contributed by atoms with van der Waals surface area (Å²) in [5.74, 6) is 0.461. The third kappa shape index (κ3) is 3.01. The van der Waals surface area contributed by atoms with Crippen LogP contribution in [0.4, 0.5) is 0 Å². The van der Waals surface area contributed by atoms with Crippen molar-refractivity contribution in [2.24, 2.45) is 0 Å². The molecule has 0 amide bonds. The van der Waals surface area contributed by atoms with Crippen LogP contribution in [0.15, 0.2) is 30.3 Å². The molecule has 0 radical (unpaired) electrons. The number of halogens is 1. The second-order valence-electron chi connectivity index (χ2n) is 3.21. The lowest BCUT2D eigenvalue weighted by molar-refractivity contribution is 0.896. The van der Waals surface area contributed by atoms with Crippen molar-refractivity contribution in [1.29, 1.82) is 0 Å². The fourth-order valence-electron chi connectivity index (χ4n) is 1.34. The quantitative estimate of drug-likeness (QED) is 0.766. The maximum Gasteiger partial charge on any atom is 0.132 e. The van der Waals surface area contributed by atoms with E-state index in [1.807, 2.05) is 6.07 Å². The van der Waals surface area contributed by atoms with Crippen molar-refractivity contribution in [3.05, 3.63) is 45.9 Å². The summed E-state index contributed by atoms with van der Waals surface area (Å²) in [6, 6.07) is 10.4. The predicted molar refractivity (Wildman–Crippen MR) is 63.3 cm³/mol. The van der Waals surface area contributed by atoms with E-state index in [4.69, 9.17) is 11.6 Å². The molecule has 0 unspecified atom stereocenters. The van der Waals surface area contributed by atoms with Crippen LogP contribution in [-0.4, -0.2) is 10.2 Å². The predicted octanol–water partition coefficient (Wildman–Crippen LogP) is 3.06. The molecule has 0 bridgehead atoms. The Morgan fingerprint density at radius 3 is 2.40 bits per heavy atom. The van der Waals surface area contributed by atoms with Gasteiger partial charge in [0.15, 0.2) is 0 Å². The molecule has 4 heteroatoms. The highest BCUT2D eigenvalue weighted by atomic mass is 35.5. The minimum atomic E-state index is 0.461. The number of aryl methyl sites for hydroxylation is 2. The molecular formula is C11H11ClN2S. The molecule has 2 nitrogen and oxygen atoms in total. The highest BCUT2D eigenvalue weighted by molar-refractivity contribution is 7.11. The Morgan fingerprint density at radius 2 is 1.73 bits per heavy atom. The van der Waals surface area contributed by atoms with Gasteiger partial charge in [0, 0.05) is 6.42 Å². The van der Waals surface area contributed by atoms with Gasteiger partial charge in [-0.2, -0.15) is 0 Å². The Balaban J connectivity index is 1.93. The van der Waals surface area contributed by atoms with E-state index in [1.54, 1.807) is 11.3 Å². The fourth-order valence-corrected chi connectivity index (χ4v) is 2.25. The van der Waals surface area contributed by atoms with E-state index in [-0.39, 0.29) is 0 Å². The first-order valence-corrected chi connectivity index (χ1v) is 6.15. The first kappa shape index (κ1) is 10.6. The van der Waals surface area contributed by atoms with Crippen LogP contribution in [0.2, 0.25) is 0 Å². The van der Waals surface area contributed by atoms with Crippen molar-refractivity contribution < 1.29 is 0 Å². The third-order valence-electron chi connectivity index (χ3n) is 2.09. The van der Waals surface area contributed by atoms with Gasteiger partial charge in [-0.05, 0) is 12.0 Å². The Morgan fingerprint density at radius 1 is 1.00 bits per heavy atom. The molecule has 78 valence electrons. The van der Waals surface area contributed by atoms with Crippen LogP contribution in [0.25, 0.3) is 0 Å². The number of hydrogen-bond acceptors (Lipinski definition) is 3. The van der Waals surface area contributed by atoms with Gasteiger partial charge in [-0.1, -0.05) is 30.3 Å². The summed E-state index contributed by atoms with van der Waals surface area (Å²) < 4.78 is 0. The van der Waals surface area contributed by atoms with Crippen molar-refractivity contribution in [3.63, 3.8) is 0 Å². The molecule has 0 atom stereocenters. The first-order valence-electron chi connectivity index (χ1n) is 4.79. The average Bonchev–Trinajstić information content (AvgIpc) is 2.76. The lowest BCUT2D eigenvalue weighted by Crippen LogP contribution is -1.89. The Bertz CT molecular complexity index is 414. The van der Waals surface area contributed by atoms with Crippen LogP contribution >= 0.6 is 22.9 Å². The lowest BCUT2D eigenvalue weighted by atomic mass is 10.1. The van der Waals surface area contributed by atoms with Crippen LogP contribution in [0.3, 0.4) is 0 Å². The molecular weight excluding hydrogens is 228 g/mol. The molecule has 0 aliphatic heterocycles. The van der Waals surface area contributed by atoms with Crippen LogP contribution in [0, 0.1) is 0 Å². The van der Waals surface area contributed by atoms with Crippen molar-refractivity contribution in [3.8, 4) is 0 Å². The maximum absolute atomic E-state index is 5.67. The maximum atomic E-state index is 5.67. The van der Waals surface area contributed by atoms with Crippen LogP contribution in [0.5, 0.6) is 0 Å².